The lowest BCUT2D eigenvalue weighted by molar-refractivity contribution is 0.677. The summed E-state index contributed by atoms with van der Waals surface area (Å²) in [6, 6.07) is 0. The van der Waals surface area contributed by atoms with Gasteiger partial charge in [-0.3, -0.25) is 5.41 Å². The fourth-order valence-corrected chi connectivity index (χ4v) is 0.359. The molecule has 0 aromatic rings. The summed E-state index contributed by atoms with van der Waals surface area (Å²) in [7, 11) is 5.41. The normalized spacial score (nSPS) is 13.9. The zero-order chi connectivity index (χ0) is 6.73. The van der Waals surface area contributed by atoms with E-state index in [1.54, 1.807) is 0 Å². The van der Waals surface area contributed by atoms with E-state index in [4.69, 9.17) is 19.0 Å². The van der Waals surface area contributed by atoms with Gasteiger partial charge in [0, 0.05) is 0 Å². The second-order valence-corrected chi connectivity index (χ2v) is 2.23. The highest BCUT2D eigenvalue weighted by Crippen LogP contribution is 2.10. The molecular formula is C5H11BN2. The SMILES string of the molecule is [B]C(C(=N)N)C(C)C. The number of nitrogens with one attached hydrogen (secondary N) is 1. The van der Waals surface area contributed by atoms with Crippen molar-refractivity contribution in [3.05, 3.63) is 0 Å². The number of amidine groups is 1. The van der Waals surface area contributed by atoms with Crippen LogP contribution in [0, 0.1) is 11.3 Å². The van der Waals surface area contributed by atoms with Gasteiger partial charge in [0.05, 0.1) is 13.7 Å². The molecule has 0 fully saturated rings. The Balaban J connectivity index is 3.64. The van der Waals surface area contributed by atoms with Crippen LogP contribution in [0.4, 0.5) is 0 Å². The second kappa shape index (κ2) is 2.75. The van der Waals surface area contributed by atoms with Gasteiger partial charge in [0.2, 0.25) is 0 Å². The fourth-order valence-electron chi connectivity index (χ4n) is 0.359. The first-order valence-electron chi connectivity index (χ1n) is 2.65. The smallest absolute Gasteiger partial charge is 0.0850 e. The van der Waals surface area contributed by atoms with Crippen molar-refractivity contribution in [1.29, 1.82) is 5.41 Å². The van der Waals surface area contributed by atoms with Gasteiger partial charge >= 0.3 is 0 Å². The fraction of sp³-hybridized carbons (Fsp3) is 0.800. The summed E-state index contributed by atoms with van der Waals surface area (Å²) in [5, 5.41) is 6.88. The van der Waals surface area contributed by atoms with Crippen molar-refractivity contribution in [1.82, 2.24) is 0 Å². The van der Waals surface area contributed by atoms with E-state index in [-0.39, 0.29) is 17.6 Å². The minimum Gasteiger partial charge on any atom is -0.388 e. The highest BCUT2D eigenvalue weighted by molar-refractivity contribution is 6.24. The van der Waals surface area contributed by atoms with E-state index < -0.39 is 0 Å². The van der Waals surface area contributed by atoms with Crippen molar-refractivity contribution in [3.8, 4) is 0 Å². The quantitative estimate of drug-likeness (QED) is 0.304. The van der Waals surface area contributed by atoms with Gasteiger partial charge in [-0.2, -0.15) is 0 Å². The molecule has 0 amide bonds. The third-order valence-corrected chi connectivity index (χ3v) is 1.08. The Morgan fingerprint density at radius 3 is 2.00 bits per heavy atom. The Bertz CT molecular complexity index is 90.4. The number of nitrogens with two attached hydrogens (primary N) is 1. The van der Waals surface area contributed by atoms with Crippen LogP contribution >= 0.6 is 0 Å². The zero-order valence-electron chi connectivity index (χ0n) is 5.31. The molecule has 1 atom stereocenters. The maximum atomic E-state index is 6.88. The van der Waals surface area contributed by atoms with E-state index >= 15 is 0 Å². The van der Waals surface area contributed by atoms with Crippen molar-refractivity contribution < 1.29 is 0 Å². The molecular weight excluding hydrogens is 98.9 g/mol. The van der Waals surface area contributed by atoms with Crippen molar-refractivity contribution in [2.75, 3.05) is 0 Å². The van der Waals surface area contributed by atoms with E-state index in [2.05, 4.69) is 0 Å². The van der Waals surface area contributed by atoms with Crippen LogP contribution in [0.3, 0.4) is 0 Å². The molecule has 0 heterocycles. The molecule has 0 saturated carbocycles. The molecule has 44 valence electrons. The molecule has 1 unspecified atom stereocenters. The van der Waals surface area contributed by atoms with Gasteiger partial charge in [-0.25, -0.2) is 0 Å². The Morgan fingerprint density at radius 2 is 2.00 bits per heavy atom. The summed E-state index contributed by atoms with van der Waals surface area (Å²) >= 11 is 0. The van der Waals surface area contributed by atoms with Crippen LogP contribution in [-0.4, -0.2) is 13.7 Å². The van der Waals surface area contributed by atoms with Crippen molar-refractivity contribution in [3.63, 3.8) is 0 Å². The predicted molar refractivity (Wildman–Crippen MR) is 36.3 cm³/mol. The van der Waals surface area contributed by atoms with Gasteiger partial charge in [0.25, 0.3) is 0 Å². The molecule has 2 nitrogen and oxygen atoms in total. The lowest BCUT2D eigenvalue weighted by Crippen LogP contribution is -2.21. The van der Waals surface area contributed by atoms with E-state index in [1.165, 1.54) is 0 Å². The Morgan fingerprint density at radius 1 is 1.62 bits per heavy atom. The van der Waals surface area contributed by atoms with Crippen LogP contribution in [0.25, 0.3) is 0 Å². The third kappa shape index (κ3) is 2.00. The first-order valence-corrected chi connectivity index (χ1v) is 2.65. The molecule has 0 spiro atoms. The maximum absolute atomic E-state index is 6.88. The van der Waals surface area contributed by atoms with Crippen molar-refractivity contribution >= 4 is 13.7 Å². The topological polar surface area (TPSA) is 49.9 Å². The van der Waals surface area contributed by atoms with Crippen molar-refractivity contribution in [2.45, 2.75) is 19.7 Å². The van der Waals surface area contributed by atoms with Gasteiger partial charge < -0.3 is 5.73 Å². The molecule has 0 rings (SSSR count). The lowest BCUT2D eigenvalue weighted by atomic mass is 9.77. The molecule has 0 aliphatic carbocycles. The van der Waals surface area contributed by atoms with Gasteiger partial charge in [0.1, 0.15) is 0 Å². The first-order chi connectivity index (χ1) is 3.55. The van der Waals surface area contributed by atoms with Crippen LogP contribution in [-0.2, 0) is 0 Å². The van der Waals surface area contributed by atoms with Crippen LogP contribution in [0.5, 0.6) is 0 Å². The molecule has 0 aliphatic rings. The zero-order valence-corrected chi connectivity index (χ0v) is 5.31. The van der Waals surface area contributed by atoms with E-state index in [1.807, 2.05) is 13.8 Å². The minimum absolute atomic E-state index is 0.0694. The summed E-state index contributed by atoms with van der Waals surface area (Å²) in [5.41, 5.74) is 5.10. The summed E-state index contributed by atoms with van der Waals surface area (Å²) in [5.74, 6) is 0.0718. The van der Waals surface area contributed by atoms with Gasteiger partial charge in [-0.1, -0.05) is 13.8 Å². The summed E-state index contributed by atoms with van der Waals surface area (Å²) in [6.45, 7) is 3.87. The Hall–Kier alpha value is -0.465. The van der Waals surface area contributed by atoms with Crippen LogP contribution < -0.4 is 5.73 Å². The molecule has 2 radical (unpaired) electrons. The summed E-state index contributed by atoms with van der Waals surface area (Å²) in [6.07, 6.45) is 0. The molecule has 3 heteroatoms. The summed E-state index contributed by atoms with van der Waals surface area (Å²) in [4.78, 5) is 0. The molecule has 3 N–H and O–H groups in total. The summed E-state index contributed by atoms with van der Waals surface area (Å²) < 4.78 is 0. The molecule has 0 saturated heterocycles. The standard InChI is InChI=1S/C5H11BN2/c1-3(2)4(6)5(7)8/h3-4H,1-2H3,(H3,7,8). The number of rotatable bonds is 2. The highest BCUT2D eigenvalue weighted by Gasteiger charge is 2.07. The second-order valence-electron chi connectivity index (χ2n) is 2.23. The van der Waals surface area contributed by atoms with E-state index in [0.717, 1.165) is 0 Å². The van der Waals surface area contributed by atoms with Gasteiger partial charge in [-0.05, 0) is 11.7 Å². The molecule has 8 heavy (non-hydrogen) atoms. The van der Waals surface area contributed by atoms with E-state index in [9.17, 15) is 0 Å². The average Bonchev–Trinajstić information content (AvgIpc) is 1.64. The molecule has 0 aromatic heterocycles. The average molecular weight is 110 g/mol. The number of hydrogen-bond donors (Lipinski definition) is 2. The molecule has 0 bridgehead atoms. The van der Waals surface area contributed by atoms with Gasteiger partial charge in [-0.15, -0.1) is 0 Å². The Kier molecular flexibility index (Phi) is 2.59. The minimum atomic E-state index is -0.269. The predicted octanol–water partition coefficient (Wildman–Crippen LogP) is 0.535. The van der Waals surface area contributed by atoms with Crippen LogP contribution in [0.2, 0.25) is 5.82 Å². The Labute approximate surface area is 51.4 Å². The monoisotopic (exact) mass is 110 g/mol. The van der Waals surface area contributed by atoms with E-state index in [0.29, 0.717) is 0 Å². The maximum Gasteiger partial charge on any atom is 0.0850 e. The third-order valence-electron chi connectivity index (χ3n) is 1.08. The first kappa shape index (κ1) is 7.53. The largest absolute Gasteiger partial charge is 0.388 e. The van der Waals surface area contributed by atoms with Crippen LogP contribution in [0.1, 0.15) is 13.8 Å². The lowest BCUT2D eigenvalue weighted by Gasteiger charge is -2.12. The number of hydrogen-bond acceptors (Lipinski definition) is 1. The molecule has 0 aliphatic heterocycles. The van der Waals surface area contributed by atoms with Gasteiger partial charge in [0.15, 0.2) is 0 Å². The highest BCUT2D eigenvalue weighted by atomic mass is 14.7. The van der Waals surface area contributed by atoms with Crippen LogP contribution in [0.15, 0.2) is 0 Å². The van der Waals surface area contributed by atoms with Crippen molar-refractivity contribution in [2.24, 2.45) is 11.7 Å². The molecule has 0 aromatic carbocycles.